The number of carbonyl (C=O) groups is 4. The maximum atomic E-state index is 13.6. The van der Waals surface area contributed by atoms with Crippen LogP contribution in [0, 0.1) is 0 Å². The van der Waals surface area contributed by atoms with Gasteiger partial charge in [-0.2, -0.15) is 0 Å². The van der Waals surface area contributed by atoms with Crippen LogP contribution < -0.4 is 5.32 Å². The number of aromatic amines is 1. The quantitative estimate of drug-likeness (QED) is 0.162. The molecule has 3 heterocycles. The summed E-state index contributed by atoms with van der Waals surface area (Å²) in [5.41, 5.74) is 3.02. The number of amides is 4. The highest BCUT2D eigenvalue weighted by Gasteiger charge is 2.35. The van der Waals surface area contributed by atoms with E-state index in [0.29, 0.717) is 48.4 Å². The first-order valence-electron chi connectivity index (χ1n) is 15.6. The molecule has 1 aromatic heterocycles. The lowest BCUT2D eigenvalue weighted by molar-refractivity contribution is 0.0579. The molecule has 0 radical (unpaired) electrons. The highest BCUT2D eigenvalue weighted by molar-refractivity contribution is 6.30. The zero-order valence-corrected chi connectivity index (χ0v) is 25.4. The van der Waals surface area contributed by atoms with E-state index < -0.39 is 0 Å². The summed E-state index contributed by atoms with van der Waals surface area (Å²) in [5, 5.41) is 7.58. The van der Waals surface area contributed by atoms with Gasteiger partial charge in [0.1, 0.15) is 0 Å². The van der Waals surface area contributed by atoms with E-state index in [-0.39, 0.29) is 36.2 Å². The number of benzene rings is 4. The molecule has 9 heteroatoms. The number of hydrogen-bond donors (Lipinski definition) is 2. The molecule has 5 aromatic rings. The van der Waals surface area contributed by atoms with Gasteiger partial charge in [0, 0.05) is 71.3 Å². The molecule has 0 saturated carbocycles. The molecule has 0 saturated heterocycles. The Kier molecular flexibility index (Phi) is 7.43. The molecule has 0 spiro atoms. The lowest BCUT2D eigenvalue weighted by Gasteiger charge is -2.32. The molecular weight excluding hydrogens is 566 g/mol. The molecule has 0 unspecified atom stereocenters. The minimum atomic E-state index is -0.273. The van der Waals surface area contributed by atoms with Gasteiger partial charge >= 0.3 is 0 Å². The average Bonchev–Trinajstić information content (AvgIpc) is 3.51. The normalized spacial score (nSPS) is 14.8. The largest absolute Gasteiger partial charge is 0.361 e. The Bertz CT molecular complexity index is 1960. The Hall–Kier alpha value is -4.86. The Morgan fingerprint density at radius 2 is 1.31 bits per heavy atom. The lowest BCUT2D eigenvalue weighted by atomic mass is 9.92. The Morgan fingerprint density at radius 1 is 0.689 bits per heavy atom. The predicted molar refractivity (Wildman–Crippen MR) is 175 cm³/mol. The van der Waals surface area contributed by atoms with Crippen LogP contribution in [-0.4, -0.2) is 88.6 Å². The average molecular weight is 602 g/mol. The van der Waals surface area contributed by atoms with E-state index >= 15 is 0 Å². The first-order chi connectivity index (χ1) is 21.8. The number of nitrogens with zero attached hydrogens (tertiary/aromatic N) is 3. The summed E-state index contributed by atoms with van der Waals surface area (Å²) in [6.45, 7) is 7.32. The van der Waals surface area contributed by atoms with E-state index in [0.717, 1.165) is 45.4 Å². The Labute approximate surface area is 260 Å². The summed E-state index contributed by atoms with van der Waals surface area (Å²) < 4.78 is 0. The van der Waals surface area contributed by atoms with Crippen LogP contribution in [-0.2, 0) is 0 Å². The first kappa shape index (κ1) is 28.9. The molecule has 0 bridgehead atoms. The number of rotatable bonds is 11. The van der Waals surface area contributed by atoms with Crippen molar-refractivity contribution in [3.63, 3.8) is 0 Å². The molecule has 2 aliphatic heterocycles. The molecule has 4 amide bonds. The summed E-state index contributed by atoms with van der Waals surface area (Å²) in [6, 6.07) is 20.9. The van der Waals surface area contributed by atoms with E-state index in [1.54, 1.807) is 18.2 Å². The molecule has 4 aromatic carbocycles. The highest BCUT2D eigenvalue weighted by Crippen LogP contribution is 2.35. The van der Waals surface area contributed by atoms with Gasteiger partial charge in [-0.1, -0.05) is 36.4 Å². The van der Waals surface area contributed by atoms with Gasteiger partial charge in [0.05, 0.1) is 11.1 Å². The van der Waals surface area contributed by atoms with E-state index in [1.807, 2.05) is 54.7 Å². The van der Waals surface area contributed by atoms with Gasteiger partial charge in [-0.3, -0.25) is 33.9 Å². The van der Waals surface area contributed by atoms with Crippen molar-refractivity contribution in [2.45, 2.75) is 26.3 Å². The van der Waals surface area contributed by atoms with Crippen LogP contribution in [0.4, 0.5) is 0 Å². The van der Waals surface area contributed by atoms with Gasteiger partial charge in [0.15, 0.2) is 0 Å². The number of H-pyrrole nitrogens is 1. The van der Waals surface area contributed by atoms with Gasteiger partial charge in [0.2, 0.25) is 0 Å². The van der Waals surface area contributed by atoms with E-state index in [9.17, 15) is 19.2 Å². The third-order valence-corrected chi connectivity index (χ3v) is 9.13. The van der Waals surface area contributed by atoms with Gasteiger partial charge in [-0.05, 0) is 74.5 Å². The second-order valence-corrected chi connectivity index (χ2v) is 12.1. The summed E-state index contributed by atoms with van der Waals surface area (Å²) in [5.74, 6) is -1.03. The SMILES string of the molecule is CC(C)N(CCCNCCN1C(=O)c2cccc3cc4cc[nH]c4c(c23)C1=O)CCN1C(=O)c2cccc3cccc(c23)C1=O. The van der Waals surface area contributed by atoms with Crippen molar-refractivity contribution < 1.29 is 19.2 Å². The van der Waals surface area contributed by atoms with Crippen LogP contribution in [0.15, 0.2) is 72.9 Å². The van der Waals surface area contributed by atoms with Gasteiger partial charge in [-0.25, -0.2) is 0 Å². The second kappa shape index (κ2) is 11.6. The number of aromatic nitrogens is 1. The van der Waals surface area contributed by atoms with Crippen LogP contribution in [0.5, 0.6) is 0 Å². The van der Waals surface area contributed by atoms with Crippen LogP contribution in [0.25, 0.3) is 32.4 Å². The number of imide groups is 2. The summed E-state index contributed by atoms with van der Waals surface area (Å²) >= 11 is 0. The summed E-state index contributed by atoms with van der Waals surface area (Å²) in [7, 11) is 0. The van der Waals surface area contributed by atoms with Crippen molar-refractivity contribution in [3.05, 3.63) is 95.2 Å². The molecule has 2 aliphatic rings. The minimum absolute atomic E-state index is 0.229. The number of carbonyl (C=O) groups excluding carboxylic acids is 4. The summed E-state index contributed by atoms with van der Waals surface area (Å²) in [4.78, 5) is 61.7. The van der Waals surface area contributed by atoms with Crippen molar-refractivity contribution in [3.8, 4) is 0 Å². The Morgan fingerprint density at radius 3 is 1.98 bits per heavy atom. The molecule has 0 fully saturated rings. The van der Waals surface area contributed by atoms with Crippen LogP contribution in [0.2, 0.25) is 0 Å². The van der Waals surface area contributed by atoms with Crippen molar-refractivity contribution in [1.29, 1.82) is 0 Å². The molecule has 0 atom stereocenters. The third-order valence-electron chi connectivity index (χ3n) is 9.13. The molecule has 9 nitrogen and oxygen atoms in total. The lowest BCUT2D eigenvalue weighted by Crippen LogP contribution is -2.46. The van der Waals surface area contributed by atoms with Crippen molar-refractivity contribution in [1.82, 2.24) is 25.0 Å². The highest BCUT2D eigenvalue weighted by atomic mass is 16.2. The second-order valence-electron chi connectivity index (χ2n) is 12.1. The van der Waals surface area contributed by atoms with Crippen molar-refractivity contribution in [2.24, 2.45) is 0 Å². The Balaban J connectivity index is 0.935. The maximum Gasteiger partial charge on any atom is 0.263 e. The summed E-state index contributed by atoms with van der Waals surface area (Å²) in [6.07, 6.45) is 2.65. The maximum absolute atomic E-state index is 13.6. The fraction of sp³-hybridized carbons (Fsp3) is 0.278. The molecule has 7 rings (SSSR count). The van der Waals surface area contributed by atoms with Crippen molar-refractivity contribution in [2.75, 3.05) is 39.3 Å². The molecule has 2 N–H and O–H groups in total. The first-order valence-corrected chi connectivity index (χ1v) is 15.6. The molecule has 0 aliphatic carbocycles. The third kappa shape index (κ3) is 4.88. The van der Waals surface area contributed by atoms with E-state index in [4.69, 9.17) is 0 Å². The predicted octanol–water partition coefficient (Wildman–Crippen LogP) is 5.06. The van der Waals surface area contributed by atoms with Crippen LogP contribution >= 0.6 is 0 Å². The fourth-order valence-corrected chi connectivity index (χ4v) is 6.81. The van der Waals surface area contributed by atoms with Crippen LogP contribution in [0.1, 0.15) is 61.7 Å². The van der Waals surface area contributed by atoms with Gasteiger partial charge < -0.3 is 10.3 Å². The number of nitrogens with one attached hydrogen (secondary N) is 2. The standard InChI is InChI=1S/C36H35N5O4/c1-22(2)39(19-20-41-33(42)26-10-3-7-23-8-4-11-27(29(23)26)34(41)43)17-6-14-37-16-18-40-35(44)28-12-5-9-24-21-25-13-15-38-32(25)31(30(24)28)36(40)45/h3-5,7-13,15,21-22,37-38H,6,14,16-20H2,1-2H3. The monoisotopic (exact) mass is 601 g/mol. The zero-order valence-electron chi connectivity index (χ0n) is 25.4. The van der Waals surface area contributed by atoms with Gasteiger partial charge in [0.25, 0.3) is 23.6 Å². The smallest absolute Gasteiger partial charge is 0.263 e. The molecular formula is C36H35N5O4. The number of hydrogen-bond acceptors (Lipinski definition) is 6. The zero-order chi connectivity index (χ0) is 31.2. The van der Waals surface area contributed by atoms with Crippen LogP contribution in [0.3, 0.4) is 0 Å². The van der Waals surface area contributed by atoms with Gasteiger partial charge in [-0.15, -0.1) is 0 Å². The topological polar surface area (TPSA) is 106 Å². The van der Waals surface area contributed by atoms with Crippen molar-refractivity contribution >= 4 is 56.1 Å². The molecule has 228 valence electrons. The van der Waals surface area contributed by atoms with E-state index in [1.165, 1.54) is 9.80 Å². The minimum Gasteiger partial charge on any atom is -0.361 e. The van der Waals surface area contributed by atoms with E-state index in [2.05, 4.69) is 29.0 Å². The molecule has 45 heavy (non-hydrogen) atoms. The number of fused-ring (bicyclic) bond motifs is 2. The fourth-order valence-electron chi connectivity index (χ4n) is 6.81.